The van der Waals surface area contributed by atoms with Gasteiger partial charge >= 0.3 is 5.97 Å². The molecule has 0 amide bonds. The smallest absolute Gasteiger partial charge is 0.307 e. The molecule has 0 aromatic rings. The third-order valence-corrected chi connectivity index (χ3v) is 4.21. The highest BCUT2D eigenvalue weighted by Crippen LogP contribution is 1.88. The molecule has 0 heterocycles. The highest BCUT2D eigenvalue weighted by Gasteiger charge is 1.99. The van der Waals surface area contributed by atoms with Crippen molar-refractivity contribution < 1.29 is 61.7 Å². The van der Waals surface area contributed by atoms with E-state index in [0.29, 0.717) is 132 Å². The molecule has 37 heavy (non-hydrogen) atoms. The Kier molecular flexibility index (Phi) is 31.7. The number of ether oxygens (including phenoxy) is 11. The average Bonchev–Trinajstić information content (AvgIpc) is 2.91. The molecule has 0 aromatic heterocycles. The highest BCUT2D eigenvalue weighted by molar-refractivity contribution is 5.69. The number of carbonyl (C=O) groups excluding carboxylic acids is 2. The molecule has 0 saturated carbocycles. The van der Waals surface area contributed by atoms with Crippen LogP contribution >= 0.6 is 0 Å². The Balaban J connectivity index is 3.03. The molecule has 0 rings (SSSR count). The second-order valence-corrected chi connectivity index (χ2v) is 7.08. The van der Waals surface area contributed by atoms with Crippen molar-refractivity contribution >= 4 is 12.3 Å². The monoisotopic (exact) mass is 542 g/mol. The van der Waals surface area contributed by atoms with E-state index in [-0.39, 0.29) is 19.0 Å². The molecule has 0 aromatic carbocycles. The quantitative estimate of drug-likeness (QED) is 0.0637. The predicted octanol–water partition coefficient (Wildman–Crippen LogP) is -0.0856. The van der Waals surface area contributed by atoms with Crippen molar-refractivity contribution in [3.63, 3.8) is 0 Å². The van der Waals surface area contributed by atoms with Gasteiger partial charge in [-0.1, -0.05) is 0 Å². The van der Waals surface area contributed by atoms with E-state index in [2.05, 4.69) is 4.74 Å². The van der Waals surface area contributed by atoms with Gasteiger partial charge in [0.05, 0.1) is 139 Å². The lowest BCUT2D eigenvalue weighted by Gasteiger charge is -2.09. The molecule has 0 fully saturated rings. The molecule has 0 N–H and O–H groups in total. The van der Waals surface area contributed by atoms with Crippen LogP contribution in [0.25, 0.3) is 0 Å². The molecule has 0 aliphatic rings. The fourth-order valence-electron chi connectivity index (χ4n) is 2.37. The molecule has 0 unspecified atom stereocenters. The summed E-state index contributed by atoms with van der Waals surface area (Å²) in [7, 11) is 1.35. The van der Waals surface area contributed by atoms with E-state index in [0.717, 1.165) is 0 Å². The zero-order valence-corrected chi connectivity index (χ0v) is 22.2. The van der Waals surface area contributed by atoms with Crippen LogP contribution in [0.3, 0.4) is 0 Å². The Morgan fingerprint density at radius 2 is 0.676 bits per heavy atom. The van der Waals surface area contributed by atoms with Crippen LogP contribution in [0, 0.1) is 0 Å². The Labute approximate surface area is 220 Å². The van der Waals surface area contributed by atoms with Gasteiger partial charge in [0.15, 0.2) is 0 Å². The molecule has 0 aliphatic heterocycles. The normalized spacial score (nSPS) is 11.2. The van der Waals surface area contributed by atoms with Crippen molar-refractivity contribution in [2.24, 2.45) is 0 Å². The first-order valence-electron chi connectivity index (χ1n) is 12.6. The summed E-state index contributed by atoms with van der Waals surface area (Å²) in [5.41, 5.74) is 0. The van der Waals surface area contributed by atoms with Crippen LogP contribution in [0.4, 0.5) is 0 Å². The van der Waals surface area contributed by atoms with E-state index in [1.807, 2.05) is 0 Å². The molecule has 0 saturated heterocycles. The lowest BCUT2D eigenvalue weighted by atomic mass is 10.5. The summed E-state index contributed by atoms with van der Waals surface area (Å²) in [5.74, 6) is -0.288. The standard InChI is InChI=1S/C24H46O13/c1-27-24(26)2-4-28-6-8-30-10-12-32-14-16-34-18-20-36-22-23-37-21-19-35-17-15-33-13-11-31-9-7-29-5-3-25/h3H,2,4-23H2,1H3. The van der Waals surface area contributed by atoms with Gasteiger partial charge in [-0.15, -0.1) is 0 Å². The highest BCUT2D eigenvalue weighted by atomic mass is 16.6. The largest absolute Gasteiger partial charge is 0.469 e. The molecule has 13 heteroatoms. The Morgan fingerprint density at radius 3 is 0.919 bits per heavy atom. The van der Waals surface area contributed by atoms with Crippen LogP contribution in [-0.2, 0) is 61.7 Å². The Morgan fingerprint density at radius 1 is 0.432 bits per heavy atom. The van der Waals surface area contributed by atoms with Crippen LogP contribution < -0.4 is 0 Å². The summed E-state index contributed by atoms with van der Waals surface area (Å²) >= 11 is 0. The number of carbonyl (C=O) groups is 2. The van der Waals surface area contributed by atoms with Crippen molar-refractivity contribution in [2.75, 3.05) is 139 Å². The Hall–Kier alpha value is -1.26. The third-order valence-electron chi connectivity index (χ3n) is 4.21. The van der Waals surface area contributed by atoms with Gasteiger partial charge in [0.1, 0.15) is 12.9 Å². The summed E-state index contributed by atoms with van der Waals surface area (Å²) in [5, 5.41) is 0. The van der Waals surface area contributed by atoms with Crippen molar-refractivity contribution in [2.45, 2.75) is 6.42 Å². The number of hydrogen-bond donors (Lipinski definition) is 0. The van der Waals surface area contributed by atoms with Crippen molar-refractivity contribution in [1.82, 2.24) is 0 Å². The second kappa shape index (κ2) is 32.8. The fraction of sp³-hybridized carbons (Fsp3) is 0.917. The van der Waals surface area contributed by atoms with Crippen LogP contribution in [0.5, 0.6) is 0 Å². The first-order chi connectivity index (χ1) is 18.3. The topological polar surface area (TPSA) is 136 Å². The van der Waals surface area contributed by atoms with Crippen LogP contribution in [0.15, 0.2) is 0 Å². The van der Waals surface area contributed by atoms with Gasteiger partial charge in [-0.2, -0.15) is 0 Å². The fourth-order valence-corrected chi connectivity index (χ4v) is 2.37. The first-order valence-corrected chi connectivity index (χ1v) is 12.6. The van der Waals surface area contributed by atoms with E-state index in [4.69, 9.17) is 47.4 Å². The van der Waals surface area contributed by atoms with Gasteiger partial charge in [-0.3, -0.25) is 4.79 Å². The SMILES string of the molecule is COC(=O)CCOCCOCCOCCOCCOCCOCCOCCOCCOCCOCC=O. The minimum absolute atomic E-state index is 0.0974. The summed E-state index contributed by atoms with van der Waals surface area (Å²) in [6.45, 7) is 8.95. The minimum Gasteiger partial charge on any atom is -0.469 e. The van der Waals surface area contributed by atoms with Gasteiger partial charge in [0.2, 0.25) is 0 Å². The second-order valence-electron chi connectivity index (χ2n) is 7.08. The van der Waals surface area contributed by atoms with Crippen molar-refractivity contribution in [1.29, 1.82) is 0 Å². The van der Waals surface area contributed by atoms with Gasteiger partial charge in [0, 0.05) is 0 Å². The average molecular weight is 543 g/mol. The molecule has 0 spiro atoms. The maximum Gasteiger partial charge on any atom is 0.307 e. The number of methoxy groups -OCH3 is 1. The van der Waals surface area contributed by atoms with Crippen molar-refractivity contribution in [3.05, 3.63) is 0 Å². The van der Waals surface area contributed by atoms with Crippen molar-refractivity contribution in [3.8, 4) is 0 Å². The molecule has 0 atom stereocenters. The number of aldehydes is 1. The number of esters is 1. The lowest BCUT2D eigenvalue weighted by Crippen LogP contribution is -2.15. The maximum atomic E-state index is 10.9. The Bertz CT molecular complexity index is 468. The lowest BCUT2D eigenvalue weighted by molar-refractivity contribution is -0.142. The van der Waals surface area contributed by atoms with Crippen LogP contribution in [0.2, 0.25) is 0 Å². The molecular formula is C24H46O13. The summed E-state index contributed by atoms with van der Waals surface area (Å²) in [4.78, 5) is 20.9. The molecule has 0 radical (unpaired) electrons. The van der Waals surface area contributed by atoms with Gasteiger partial charge in [-0.25, -0.2) is 0 Å². The third kappa shape index (κ3) is 32.7. The summed E-state index contributed by atoms with van der Waals surface area (Å²) < 4.78 is 57.8. The molecule has 13 nitrogen and oxygen atoms in total. The molecule has 0 bridgehead atoms. The van der Waals surface area contributed by atoms with Crippen LogP contribution in [0.1, 0.15) is 6.42 Å². The zero-order valence-electron chi connectivity index (χ0n) is 22.2. The van der Waals surface area contributed by atoms with Crippen LogP contribution in [-0.4, -0.2) is 152 Å². The minimum atomic E-state index is -0.288. The molecular weight excluding hydrogens is 496 g/mol. The number of rotatable bonds is 32. The molecule has 0 aliphatic carbocycles. The van der Waals surface area contributed by atoms with E-state index >= 15 is 0 Å². The summed E-state index contributed by atoms with van der Waals surface area (Å²) in [6, 6.07) is 0. The molecule has 220 valence electrons. The summed E-state index contributed by atoms with van der Waals surface area (Å²) in [6.07, 6.45) is 0.951. The van der Waals surface area contributed by atoms with Gasteiger partial charge in [0.25, 0.3) is 0 Å². The van der Waals surface area contributed by atoms with Gasteiger partial charge in [-0.05, 0) is 0 Å². The zero-order chi connectivity index (χ0) is 26.9. The first kappa shape index (κ1) is 35.7. The van der Waals surface area contributed by atoms with E-state index in [1.165, 1.54) is 7.11 Å². The number of hydrogen-bond acceptors (Lipinski definition) is 13. The maximum absolute atomic E-state index is 10.9. The van der Waals surface area contributed by atoms with Gasteiger partial charge < -0.3 is 56.9 Å². The predicted molar refractivity (Wildman–Crippen MR) is 131 cm³/mol. The van der Waals surface area contributed by atoms with E-state index in [1.54, 1.807) is 0 Å². The van der Waals surface area contributed by atoms with E-state index < -0.39 is 0 Å². The van der Waals surface area contributed by atoms with E-state index in [9.17, 15) is 9.59 Å².